The largest absolute Gasteiger partial charge is 0.496 e. The van der Waals surface area contributed by atoms with Gasteiger partial charge in [0.2, 0.25) is 0 Å². The minimum atomic E-state index is -0.796. The molecule has 0 N–H and O–H groups in total. The van der Waals surface area contributed by atoms with Gasteiger partial charge in [-0.05, 0) is 66.9 Å². The van der Waals surface area contributed by atoms with Crippen LogP contribution in [0.4, 0.5) is 0 Å². The van der Waals surface area contributed by atoms with E-state index in [1.54, 1.807) is 7.11 Å². The third-order valence-corrected chi connectivity index (χ3v) is 12.3. The fourth-order valence-electron chi connectivity index (χ4n) is 4.72. The lowest BCUT2D eigenvalue weighted by Gasteiger charge is -2.34. The maximum atomic E-state index is 5.94. The minimum absolute atomic E-state index is 0.662. The Morgan fingerprint density at radius 2 is 1.29 bits per heavy atom. The highest BCUT2D eigenvalue weighted by Crippen LogP contribution is 2.58. The number of ether oxygens (including phenoxy) is 1. The molecule has 0 radical (unpaired) electrons. The molecule has 1 aromatic heterocycles. The van der Waals surface area contributed by atoms with Crippen LogP contribution in [0.15, 0.2) is 97.1 Å². The zero-order chi connectivity index (χ0) is 23.5. The molecule has 34 heavy (non-hydrogen) atoms. The van der Waals surface area contributed by atoms with E-state index in [2.05, 4.69) is 115 Å². The van der Waals surface area contributed by atoms with Crippen LogP contribution in [-0.2, 0) is 0 Å². The van der Waals surface area contributed by atoms with E-state index in [0.29, 0.717) is 0 Å². The van der Waals surface area contributed by atoms with Crippen LogP contribution in [0.3, 0.4) is 0 Å². The van der Waals surface area contributed by atoms with Gasteiger partial charge in [-0.2, -0.15) is 0 Å². The van der Waals surface area contributed by atoms with Crippen molar-refractivity contribution in [3.8, 4) is 5.75 Å². The van der Waals surface area contributed by atoms with Crippen molar-refractivity contribution in [2.24, 2.45) is 0 Å². The molecule has 4 heteroatoms. The summed E-state index contributed by atoms with van der Waals surface area (Å²) in [6.07, 6.45) is 2.34. The maximum Gasteiger partial charge on any atom is 0.128 e. The smallest absolute Gasteiger partial charge is 0.128 e. The number of fused-ring (bicyclic) bond motifs is 3. The molecule has 2 nitrogen and oxygen atoms in total. The molecule has 0 bridgehead atoms. The number of aryl methyl sites for hydroxylation is 1. The van der Waals surface area contributed by atoms with Crippen LogP contribution in [0.1, 0.15) is 25.3 Å². The molecule has 0 aliphatic carbocycles. The van der Waals surface area contributed by atoms with Crippen molar-refractivity contribution in [3.63, 3.8) is 0 Å². The van der Waals surface area contributed by atoms with Gasteiger partial charge in [-0.3, -0.25) is 0 Å². The van der Waals surface area contributed by atoms with Gasteiger partial charge in [0.1, 0.15) is 5.75 Å². The number of hydrogen-bond donors (Lipinski definition) is 0. The third kappa shape index (κ3) is 4.16. The number of para-hydroxylation sites is 1. The Morgan fingerprint density at radius 3 is 1.91 bits per heavy atom. The van der Waals surface area contributed by atoms with Crippen molar-refractivity contribution < 1.29 is 4.74 Å². The normalized spacial score (nSPS) is 12.5. The van der Waals surface area contributed by atoms with E-state index in [4.69, 9.17) is 4.74 Å². The Labute approximate surface area is 205 Å². The molecule has 0 amide bonds. The first-order valence-corrected chi connectivity index (χ1v) is 14.6. The molecule has 0 fully saturated rings. The highest BCUT2D eigenvalue weighted by atomic mass is 31.2. The van der Waals surface area contributed by atoms with Crippen molar-refractivity contribution in [1.82, 2.24) is 0 Å². The van der Waals surface area contributed by atoms with Gasteiger partial charge >= 0.3 is 0 Å². The minimum Gasteiger partial charge on any atom is -0.496 e. The zero-order valence-electron chi connectivity index (χ0n) is 20.1. The van der Waals surface area contributed by atoms with Crippen molar-refractivity contribution in [3.05, 3.63) is 103 Å². The molecular weight excluding hydrogens is 452 g/mol. The van der Waals surface area contributed by atoms with E-state index in [9.17, 15) is 0 Å². The average Bonchev–Trinajstić information content (AvgIpc) is 3.22. The first kappa shape index (κ1) is 23.1. The van der Waals surface area contributed by atoms with Crippen LogP contribution in [-0.4, -0.2) is 13.7 Å². The van der Waals surface area contributed by atoms with Crippen LogP contribution in [0.25, 0.3) is 21.0 Å². The fourth-order valence-corrected chi connectivity index (χ4v) is 11.3. The standard InChI is InChI=1S/C30H31NOP2/c1-4-5-22-31(34-28-19-11-7-15-24(28)25-16-8-12-20-29(25)34)33(27-18-10-6-14-23(27)2)30-21-13-9-17-26(30)32-3/h6-21H,4-5,22H2,1-3H3. The lowest BCUT2D eigenvalue weighted by molar-refractivity contribution is 0.418. The average molecular weight is 484 g/mol. The summed E-state index contributed by atoms with van der Waals surface area (Å²) >= 11 is 0. The zero-order valence-corrected chi connectivity index (χ0v) is 21.9. The van der Waals surface area contributed by atoms with Crippen molar-refractivity contribution in [2.45, 2.75) is 26.7 Å². The van der Waals surface area contributed by atoms with Crippen LogP contribution in [0.2, 0.25) is 0 Å². The van der Waals surface area contributed by atoms with Gasteiger partial charge in [0.25, 0.3) is 0 Å². The molecule has 0 saturated carbocycles. The van der Waals surface area contributed by atoms with E-state index in [0.717, 1.165) is 12.3 Å². The van der Waals surface area contributed by atoms with E-state index >= 15 is 0 Å². The lowest BCUT2D eigenvalue weighted by atomic mass is 10.2. The van der Waals surface area contributed by atoms with E-state index in [1.165, 1.54) is 50.0 Å². The number of hydrogen-bond acceptors (Lipinski definition) is 2. The monoisotopic (exact) mass is 483 g/mol. The van der Waals surface area contributed by atoms with Crippen molar-refractivity contribution >= 4 is 47.4 Å². The molecule has 5 rings (SSSR count). The second-order valence-electron chi connectivity index (χ2n) is 8.57. The molecule has 1 atom stereocenters. The Morgan fingerprint density at radius 1 is 0.735 bits per heavy atom. The first-order chi connectivity index (χ1) is 16.7. The van der Waals surface area contributed by atoms with Gasteiger partial charge in [0.15, 0.2) is 0 Å². The molecule has 1 unspecified atom stereocenters. The number of methoxy groups -OCH3 is 1. The summed E-state index contributed by atoms with van der Waals surface area (Å²) in [7, 11) is 0.340. The molecular formula is C30H31NOP2. The van der Waals surface area contributed by atoms with E-state index < -0.39 is 15.8 Å². The molecule has 0 spiro atoms. The van der Waals surface area contributed by atoms with Crippen LogP contribution < -0.4 is 19.8 Å². The second-order valence-corrected chi connectivity index (χ2v) is 13.0. The van der Waals surface area contributed by atoms with Crippen LogP contribution in [0.5, 0.6) is 5.75 Å². The summed E-state index contributed by atoms with van der Waals surface area (Å²) in [4.78, 5) is 0. The molecule has 0 aliphatic heterocycles. The topological polar surface area (TPSA) is 12.5 Å². The van der Waals surface area contributed by atoms with Gasteiger partial charge in [-0.25, -0.2) is 4.44 Å². The fraction of sp³-hybridized carbons (Fsp3) is 0.200. The molecule has 4 aromatic carbocycles. The maximum absolute atomic E-state index is 5.94. The predicted octanol–water partition coefficient (Wildman–Crippen LogP) is 8.08. The first-order valence-electron chi connectivity index (χ1n) is 12.0. The van der Waals surface area contributed by atoms with E-state index in [1.807, 2.05) is 0 Å². The van der Waals surface area contributed by atoms with Gasteiger partial charge in [-0.15, -0.1) is 0 Å². The molecule has 1 heterocycles. The SMILES string of the molecule is CCCCN(P(c1ccccc1C)c1ccccc1OC)p1c2ccccc2c2ccccc21. The van der Waals surface area contributed by atoms with Crippen molar-refractivity contribution in [2.75, 3.05) is 18.1 Å². The van der Waals surface area contributed by atoms with Gasteiger partial charge in [0, 0.05) is 30.2 Å². The number of nitrogens with zero attached hydrogens (tertiary/aromatic N) is 1. The molecule has 5 aromatic rings. The van der Waals surface area contributed by atoms with Crippen LogP contribution in [0, 0.1) is 6.92 Å². The summed E-state index contributed by atoms with van der Waals surface area (Å²) in [5.74, 6) is 0.981. The second kappa shape index (κ2) is 10.3. The number of rotatable bonds is 8. The molecule has 172 valence electrons. The van der Waals surface area contributed by atoms with Gasteiger partial charge in [-0.1, -0.05) is 86.1 Å². The quantitative estimate of drug-likeness (QED) is 0.207. The Kier molecular flexibility index (Phi) is 7.02. The third-order valence-electron chi connectivity index (χ3n) is 6.39. The van der Waals surface area contributed by atoms with Gasteiger partial charge < -0.3 is 4.74 Å². The molecule has 0 saturated heterocycles. The highest BCUT2D eigenvalue weighted by molar-refractivity contribution is 7.85. The summed E-state index contributed by atoms with van der Waals surface area (Å²) in [5, 5.41) is 8.46. The summed E-state index contributed by atoms with van der Waals surface area (Å²) in [6.45, 7) is 5.60. The number of benzene rings is 4. The Hall–Kier alpha value is -2.63. The summed E-state index contributed by atoms with van der Waals surface area (Å²) < 4.78 is 8.79. The van der Waals surface area contributed by atoms with Gasteiger partial charge in [0.05, 0.1) is 7.11 Å². The molecule has 0 aliphatic rings. The van der Waals surface area contributed by atoms with Crippen LogP contribution >= 0.6 is 15.8 Å². The van der Waals surface area contributed by atoms with Crippen molar-refractivity contribution in [1.29, 1.82) is 0 Å². The highest BCUT2D eigenvalue weighted by Gasteiger charge is 2.30. The van der Waals surface area contributed by atoms with E-state index in [-0.39, 0.29) is 0 Å². The Bertz CT molecular complexity index is 1370. The summed E-state index contributed by atoms with van der Waals surface area (Å²) in [5.41, 5.74) is 1.34. The number of unbranched alkanes of at least 4 members (excludes halogenated alkanes) is 1. The summed E-state index contributed by atoms with van der Waals surface area (Å²) in [6, 6.07) is 35.6. The Balaban J connectivity index is 1.84. The lowest BCUT2D eigenvalue weighted by Crippen LogP contribution is -2.29. The predicted molar refractivity (Wildman–Crippen MR) is 153 cm³/mol.